The lowest BCUT2D eigenvalue weighted by molar-refractivity contribution is -0.151. The van der Waals surface area contributed by atoms with Gasteiger partial charge in [0.15, 0.2) is 0 Å². The molecule has 1 aliphatic rings. The van der Waals surface area contributed by atoms with E-state index >= 15 is 0 Å². The Morgan fingerprint density at radius 2 is 1.98 bits per heavy atom. The van der Waals surface area contributed by atoms with Crippen LogP contribution in [0.25, 0.3) is 10.8 Å². The summed E-state index contributed by atoms with van der Waals surface area (Å²) in [4.78, 5) is 50.8. The number of hydrogen-bond acceptors (Lipinski definition) is 7. The van der Waals surface area contributed by atoms with Gasteiger partial charge in [0, 0.05) is 31.9 Å². The van der Waals surface area contributed by atoms with Gasteiger partial charge in [0.2, 0.25) is 11.8 Å². The second-order valence-electron chi connectivity index (χ2n) is 11.2. The van der Waals surface area contributed by atoms with Crippen LogP contribution in [0.5, 0.6) is 0 Å². The number of rotatable bonds is 14. The lowest BCUT2D eigenvalue weighted by Gasteiger charge is -2.39. The van der Waals surface area contributed by atoms with Crippen molar-refractivity contribution in [2.45, 2.75) is 70.7 Å². The van der Waals surface area contributed by atoms with E-state index in [4.69, 9.17) is 4.74 Å². The van der Waals surface area contributed by atoms with E-state index in [9.17, 15) is 14.4 Å². The number of aromatic amines is 1. The van der Waals surface area contributed by atoms with Gasteiger partial charge in [-0.2, -0.15) is 11.8 Å². The van der Waals surface area contributed by atoms with Crippen LogP contribution in [0.3, 0.4) is 0 Å². The number of imidazole rings is 1. The number of aromatic nitrogens is 2. The lowest BCUT2D eigenvalue weighted by atomic mass is 9.99. The Hall–Kier alpha value is -3.37. The van der Waals surface area contributed by atoms with E-state index in [1.807, 2.05) is 29.4 Å². The maximum absolute atomic E-state index is 13.5. The van der Waals surface area contributed by atoms with E-state index < -0.39 is 12.0 Å². The molecule has 2 amide bonds. The van der Waals surface area contributed by atoms with Gasteiger partial charge in [-0.1, -0.05) is 42.5 Å². The first-order valence-corrected chi connectivity index (χ1v) is 16.2. The molecule has 1 unspecified atom stereocenters. The molecule has 0 saturated carbocycles. The Kier molecular flexibility index (Phi) is 11.8. The molecule has 1 aromatic heterocycles. The van der Waals surface area contributed by atoms with Crippen LogP contribution in [-0.4, -0.2) is 87.4 Å². The maximum Gasteiger partial charge on any atom is 0.328 e. The van der Waals surface area contributed by atoms with Crippen LogP contribution in [0, 0.1) is 0 Å². The van der Waals surface area contributed by atoms with E-state index in [0.717, 1.165) is 47.0 Å². The number of esters is 1. The summed E-state index contributed by atoms with van der Waals surface area (Å²) in [6, 6.07) is 13.7. The summed E-state index contributed by atoms with van der Waals surface area (Å²) in [7, 11) is 0. The zero-order valence-corrected chi connectivity index (χ0v) is 25.7. The standard InChI is InChI=1S/C32H43N5O4S/c1-23(2)41-32(40)29(14-16-42-3)35-30(38)21-36(19-25-11-8-10-24-9-4-5-13-28(24)25)20-27-12-6-7-15-37(27)31(39)17-26-18-33-22-34-26/h4-5,8-11,13,18,22-23,27,29H,6-7,12,14-17,19-21H2,1-3H3,(H,33,34)(H,35,38)/t27-,29?/m0/s1. The Bertz CT molecular complexity index is 1310. The summed E-state index contributed by atoms with van der Waals surface area (Å²) in [6.45, 7) is 5.50. The van der Waals surface area contributed by atoms with Gasteiger partial charge < -0.3 is 19.9 Å². The monoisotopic (exact) mass is 593 g/mol. The van der Waals surface area contributed by atoms with Crippen LogP contribution in [0.15, 0.2) is 55.0 Å². The number of carbonyl (C=O) groups is 3. The predicted octanol–water partition coefficient (Wildman–Crippen LogP) is 4.18. The molecule has 42 heavy (non-hydrogen) atoms. The number of benzene rings is 2. The van der Waals surface area contributed by atoms with Crippen LogP contribution in [0.4, 0.5) is 0 Å². The van der Waals surface area contributed by atoms with Gasteiger partial charge in [0.25, 0.3) is 0 Å². The molecular weight excluding hydrogens is 550 g/mol. The van der Waals surface area contributed by atoms with Crippen molar-refractivity contribution in [2.24, 2.45) is 0 Å². The number of nitrogens with zero attached hydrogens (tertiary/aromatic N) is 3. The summed E-state index contributed by atoms with van der Waals surface area (Å²) < 4.78 is 5.44. The van der Waals surface area contributed by atoms with Crippen molar-refractivity contribution < 1.29 is 19.1 Å². The molecule has 10 heteroatoms. The third kappa shape index (κ3) is 9.06. The quantitative estimate of drug-likeness (QED) is 0.270. The van der Waals surface area contributed by atoms with Crippen molar-refractivity contribution in [3.05, 3.63) is 66.2 Å². The van der Waals surface area contributed by atoms with Gasteiger partial charge in [0.05, 0.1) is 31.1 Å². The molecule has 2 atom stereocenters. The van der Waals surface area contributed by atoms with E-state index in [-0.39, 0.29) is 36.9 Å². The van der Waals surface area contributed by atoms with Gasteiger partial charge in [-0.25, -0.2) is 9.78 Å². The number of amides is 2. The third-order valence-electron chi connectivity index (χ3n) is 7.53. The minimum atomic E-state index is -0.701. The molecule has 226 valence electrons. The Morgan fingerprint density at radius 1 is 1.17 bits per heavy atom. The molecule has 1 aliphatic heterocycles. The van der Waals surface area contributed by atoms with Crippen LogP contribution >= 0.6 is 11.8 Å². The summed E-state index contributed by atoms with van der Waals surface area (Å²) in [5.74, 6) is 0.144. The molecular formula is C32H43N5O4S. The third-order valence-corrected chi connectivity index (χ3v) is 8.17. The van der Waals surface area contributed by atoms with Crippen molar-refractivity contribution in [3.63, 3.8) is 0 Å². The molecule has 2 aromatic carbocycles. The maximum atomic E-state index is 13.5. The molecule has 0 aliphatic carbocycles. The average Bonchev–Trinajstić information content (AvgIpc) is 3.48. The zero-order chi connectivity index (χ0) is 29.9. The lowest BCUT2D eigenvalue weighted by Crippen LogP contribution is -2.52. The highest BCUT2D eigenvalue weighted by molar-refractivity contribution is 7.98. The second-order valence-corrected chi connectivity index (χ2v) is 12.2. The fourth-order valence-corrected chi connectivity index (χ4v) is 6.03. The highest BCUT2D eigenvalue weighted by atomic mass is 32.2. The van der Waals surface area contributed by atoms with Crippen LogP contribution < -0.4 is 5.32 Å². The number of nitrogens with one attached hydrogen (secondary N) is 2. The number of carbonyl (C=O) groups excluding carboxylic acids is 3. The largest absolute Gasteiger partial charge is 0.461 e. The van der Waals surface area contributed by atoms with Gasteiger partial charge >= 0.3 is 5.97 Å². The van der Waals surface area contributed by atoms with E-state index in [2.05, 4.69) is 44.5 Å². The van der Waals surface area contributed by atoms with Gasteiger partial charge in [-0.05, 0) is 67.9 Å². The summed E-state index contributed by atoms with van der Waals surface area (Å²) in [5.41, 5.74) is 1.84. The van der Waals surface area contributed by atoms with Crippen molar-refractivity contribution in [3.8, 4) is 0 Å². The van der Waals surface area contributed by atoms with Crippen molar-refractivity contribution in [2.75, 3.05) is 31.6 Å². The van der Waals surface area contributed by atoms with Gasteiger partial charge in [-0.15, -0.1) is 0 Å². The molecule has 2 heterocycles. The first-order chi connectivity index (χ1) is 20.3. The Balaban J connectivity index is 1.54. The number of likely N-dealkylation sites (tertiary alicyclic amines) is 1. The first-order valence-electron chi connectivity index (χ1n) is 14.8. The molecule has 1 saturated heterocycles. The van der Waals surface area contributed by atoms with Crippen LogP contribution in [-0.2, 0) is 32.1 Å². The second kappa shape index (κ2) is 15.7. The normalized spacial score (nSPS) is 16.1. The number of hydrogen-bond donors (Lipinski definition) is 2. The van der Waals surface area contributed by atoms with E-state index in [1.165, 1.54) is 0 Å². The number of H-pyrrole nitrogens is 1. The Labute approximate surface area is 252 Å². The number of fused-ring (bicyclic) bond motifs is 1. The van der Waals surface area contributed by atoms with Crippen molar-refractivity contribution in [1.29, 1.82) is 0 Å². The van der Waals surface area contributed by atoms with Crippen LogP contribution in [0.1, 0.15) is 50.8 Å². The minimum Gasteiger partial charge on any atom is -0.461 e. The minimum absolute atomic E-state index is 0.0221. The molecule has 0 radical (unpaired) electrons. The highest BCUT2D eigenvalue weighted by Gasteiger charge is 2.30. The Morgan fingerprint density at radius 3 is 2.74 bits per heavy atom. The van der Waals surface area contributed by atoms with Crippen molar-refractivity contribution in [1.82, 2.24) is 25.1 Å². The summed E-state index contributed by atoms with van der Waals surface area (Å²) in [6.07, 6.45) is 8.67. The fraction of sp³-hybridized carbons (Fsp3) is 0.500. The molecule has 2 N–H and O–H groups in total. The summed E-state index contributed by atoms with van der Waals surface area (Å²) >= 11 is 1.62. The smallest absolute Gasteiger partial charge is 0.328 e. The van der Waals surface area contributed by atoms with Gasteiger partial charge in [-0.3, -0.25) is 14.5 Å². The van der Waals surface area contributed by atoms with Crippen molar-refractivity contribution >= 4 is 40.3 Å². The van der Waals surface area contributed by atoms with Gasteiger partial charge in [0.1, 0.15) is 6.04 Å². The molecule has 3 aromatic rings. The SMILES string of the molecule is CSCCC(NC(=O)CN(Cc1cccc2ccccc12)C[C@@H]1CCCCN1C(=O)Cc1c[nH]cn1)C(=O)OC(C)C. The first kappa shape index (κ1) is 31.6. The highest BCUT2D eigenvalue weighted by Crippen LogP contribution is 2.23. The molecule has 0 spiro atoms. The molecule has 1 fully saturated rings. The summed E-state index contributed by atoms with van der Waals surface area (Å²) in [5, 5.41) is 5.23. The predicted molar refractivity (Wildman–Crippen MR) is 167 cm³/mol. The topological polar surface area (TPSA) is 108 Å². The fourth-order valence-electron chi connectivity index (χ4n) is 5.56. The number of thioether (sulfide) groups is 1. The zero-order valence-electron chi connectivity index (χ0n) is 24.9. The molecule has 0 bridgehead atoms. The molecule has 9 nitrogen and oxygen atoms in total. The number of ether oxygens (including phenoxy) is 1. The number of piperidine rings is 1. The average molecular weight is 594 g/mol. The van der Waals surface area contributed by atoms with E-state index in [0.29, 0.717) is 26.1 Å². The van der Waals surface area contributed by atoms with E-state index in [1.54, 1.807) is 38.1 Å². The van der Waals surface area contributed by atoms with Crippen LogP contribution in [0.2, 0.25) is 0 Å². The molecule has 4 rings (SSSR count).